The van der Waals surface area contributed by atoms with E-state index >= 15 is 0 Å². The van der Waals surface area contributed by atoms with E-state index in [1.165, 1.54) is 0 Å². The summed E-state index contributed by atoms with van der Waals surface area (Å²) in [6, 6.07) is 10.1. The number of aromatic nitrogens is 3. The van der Waals surface area contributed by atoms with Gasteiger partial charge in [-0.05, 0) is 24.6 Å². The van der Waals surface area contributed by atoms with Crippen molar-refractivity contribution < 1.29 is 4.79 Å². The molecule has 0 bridgehead atoms. The molecule has 0 radical (unpaired) electrons. The molecular weight excluding hydrogens is 238 g/mol. The fourth-order valence-electron chi connectivity index (χ4n) is 2.28. The molecule has 1 aromatic carbocycles. The average Bonchev–Trinajstić information content (AvgIpc) is 2.86. The average molecular weight is 251 g/mol. The molecule has 2 heterocycles. The maximum atomic E-state index is 10.9. The van der Waals surface area contributed by atoms with E-state index in [0.717, 1.165) is 28.4 Å². The number of imidazole rings is 1. The summed E-state index contributed by atoms with van der Waals surface area (Å²) in [5.41, 5.74) is 3.09. The van der Waals surface area contributed by atoms with Crippen LogP contribution in [0.25, 0.3) is 10.9 Å². The quantitative estimate of drug-likeness (QED) is 0.672. The molecule has 0 saturated carbocycles. The maximum Gasteiger partial charge on any atom is 0.185 e. The first-order valence-corrected chi connectivity index (χ1v) is 6.09. The number of hydrogen-bond acceptors (Lipinski definition) is 3. The Bertz CT molecular complexity index is 746. The highest BCUT2D eigenvalue weighted by atomic mass is 16.1. The van der Waals surface area contributed by atoms with Gasteiger partial charge in [0.25, 0.3) is 0 Å². The monoisotopic (exact) mass is 251 g/mol. The van der Waals surface area contributed by atoms with Gasteiger partial charge in [0.15, 0.2) is 12.1 Å². The number of rotatable bonds is 3. The van der Waals surface area contributed by atoms with Crippen LogP contribution in [0, 0.1) is 6.92 Å². The molecule has 0 unspecified atom stereocenters. The standard InChI is InChI=1S/C15H13N3O/c1-11-8-12(9-18-7-6-16-15(18)10-19)13-4-2-3-5-14(13)17-11/h2-8,10H,9H2,1H3. The molecule has 0 N–H and O–H groups in total. The van der Waals surface area contributed by atoms with Crippen LogP contribution in [0.4, 0.5) is 0 Å². The zero-order valence-corrected chi connectivity index (χ0v) is 10.6. The molecule has 2 aromatic heterocycles. The van der Waals surface area contributed by atoms with Crippen LogP contribution in [-0.2, 0) is 6.54 Å². The summed E-state index contributed by atoms with van der Waals surface area (Å²) in [6.45, 7) is 2.60. The summed E-state index contributed by atoms with van der Waals surface area (Å²) in [6.07, 6.45) is 4.23. The summed E-state index contributed by atoms with van der Waals surface area (Å²) in [5.74, 6) is 0.443. The predicted octanol–water partition coefficient (Wildman–Crippen LogP) is 2.60. The van der Waals surface area contributed by atoms with Gasteiger partial charge in [-0.3, -0.25) is 9.78 Å². The van der Waals surface area contributed by atoms with Gasteiger partial charge in [-0.1, -0.05) is 18.2 Å². The minimum Gasteiger partial charge on any atom is -0.324 e. The summed E-state index contributed by atoms with van der Waals surface area (Å²) in [7, 11) is 0. The van der Waals surface area contributed by atoms with Crippen molar-refractivity contribution in [2.75, 3.05) is 0 Å². The Hall–Kier alpha value is -2.49. The minimum atomic E-state index is 0.443. The number of para-hydroxylation sites is 1. The number of aryl methyl sites for hydroxylation is 1. The number of hydrogen-bond donors (Lipinski definition) is 0. The van der Waals surface area contributed by atoms with Crippen molar-refractivity contribution in [1.29, 1.82) is 0 Å². The van der Waals surface area contributed by atoms with Crippen molar-refractivity contribution in [2.24, 2.45) is 0 Å². The first-order valence-electron chi connectivity index (χ1n) is 6.09. The van der Waals surface area contributed by atoms with Gasteiger partial charge in [0, 0.05) is 30.0 Å². The van der Waals surface area contributed by atoms with Crippen LogP contribution in [0.3, 0.4) is 0 Å². The van der Waals surface area contributed by atoms with Crippen LogP contribution < -0.4 is 0 Å². The lowest BCUT2D eigenvalue weighted by atomic mass is 10.1. The maximum absolute atomic E-state index is 10.9. The lowest BCUT2D eigenvalue weighted by Gasteiger charge is -2.09. The SMILES string of the molecule is Cc1cc(Cn2ccnc2C=O)c2ccccc2n1. The topological polar surface area (TPSA) is 47.8 Å². The number of carbonyl (C=O) groups excluding carboxylic acids is 1. The van der Waals surface area contributed by atoms with E-state index in [-0.39, 0.29) is 0 Å². The fourth-order valence-corrected chi connectivity index (χ4v) is 2.28. The van der Waals surface area contributed by atoms with Crippen LogP contribution in [-0.4, -0.2) is 20.8 Å². The van der Waals surface area contributed by atoms with Gasteiger partial charge in [0.2, 0.25) is 0 Å². The van der Waals surface area contributed by atoms with Gasteiger partial charge in [0.05, 0.1) is 5.52 Å². The molecule has 0 atom stereocenters. The molecule has 3 rings (SSSR count). The second kappa shape index (κ2) is 4.65. The molecule has 0 fully saturated rings. The summed E-state index contributed by atoms with van der Waals surface area (Å²) in [5, 5.41) is 1.11. The Morgan fingerprint density at radius 3 is 3.00 bits per heavy atom. The first-order chi connectivity index (χ1) is 9.28. The number of aldehydes is 1. The van der Waals surface area contributed by atoms with Crippen molar-refractivity contribution in [3.63, 3.8) is 0 Å². The Kier molecular flexibility index (Phi) is 2.83. The van der Waals surface area contributed by atoms with Crippen molar-refractivity contribution in [1.82, 2.24) is 14.5 Å². The molecule has 0 aliphatic heterocycles. The van der Waals surface area contributed by atoms with E-state index in [1.54, 1.807) is 6.20 Å². The van der Waals surface area contributed by atoms with Crippen molar-refractivity contribution in [3.8, 4) is 0 Å². The highest BCUT2D eigenvalue weighted by Crippen LogP contribution is 2.19. The lowest BCUT2D eigenvalue weighted by Crippen LogP contribution is -2.04. The second-order valence-corrected chi connectivity index (χ2v) is 4.47. The van der Waals surface area contributed by atoms with Crippen molar-refractivity contribution >= 4 is 17.2 Å². The van der Waals surface area contributed by atoms with Crippen LogP contribution in [0.2, 0.25) is 0 Å². The van der Waals surface area contributed by atoms with E-state index in [2.05, 4.69) is 22.1 Å². The number of benzene rings is 1. The van der Waals surface area contributed by atoms with Gasteiger partial charge in [-0.15, -0.1) is 0 Å². The summed E-state index contributed by atoms with van der Waals surface area (Å²) >= 11 is 0. The molecule has 0 amide bonds. The Balaban J connectivity index is 2.12. The van der Waals surface area contributed by atoms with Crippen molar-refractivity contribution in [2.45, 2.75) is 13.5 Å². The van der Waals surface area contributed by atoms with E-state index in [0.29, 0.717) is 12.4 Å². The molecular formula is C15H13N3O. The Labute approximate surface area is 110 Å². The zero-order chi connectivity index (χ0) is 13.2. The first kappa shape index (κ1) is 11.6. The van der Waals surface area contributed by atoms with Gasteiger partial charge in [0.1, 0.15) is 0 Å². The smallest absolute Gasteiger partial charge is 0.185 e. The fraction of sp³-hybridized carbons (Fsp3) is 0.133. The normalized spacial score (nSPS) is 10.8. The van der Waals surface area contributed by atoms with Gasteiger partial charge in [-0.2, -0.15) is 0 Å². The molecule has 0 spiro atoms. The molecule has 0 aliphatic carbocycles. The number of nitrogens with zero attached hydrogens (tertiary/aromatic N) is 3. The highest BCUT2D eigenvalue weighted by Gasteiger charge is 2.07. The van der Waals surface area contributed by atoms with Crippen LogP contribution in [0.1, 0.15) is 21.9 Å². The van der Waals surface area contributed by atoms with E-state index in [9.17, 15) is 4.79 Å². The molecule has 0 saturated heterocycles. The van der Waals surface area contributed by atoms with Gasteiger partial charge < -0.3 is 4.57 Å². The largest absolute Gasteiger partial charge is 0.324 e. The lowest BCUT2D eigenvalue weighted by molar-refractivity contribution is 0.111. The molecule has 0 aliphatic rings. The predicted molar refractivity (Wildman–Crippen MR) is 73.2 cm³/mol. The molecule has 4 nitrogen and oxygen atoms in total. The Morgan fingerprint density at radius 1 is 1.32 bits per heavy atom. The molecule has 19 heavy (non-hydrogen) atoms. The number of carbonyl (C=O) groups is 1. The van der Waals surface area contributed by atoms with Crippen LogP contribution in [0.15, 0.2) is 42.7 Å². The van der Waals surface area contributed by atoms with Gasteiger partial charge >= 0.3 is 0 Å². The van der Waals surface area contributed by atoms with Gasteiger partial charge in [-0.25, -0.2) is 4.98 Å². The molecule has 94 valence electrons. The third-order valence-corrected chi connectivity index (χ3v) is 3.12. The second-order valence-electron chi connectivity index (χ2n) is 4.47. The number of pyridine rings is 1. The Morgan fingerprint density at radius 2 is 2.16 bits per heavy atom. The molecule has 3 aromatic rings. The van der Waals surface area contributed by atoms with Crippen molar-refractivity contribution in [3.05, 3.63) is 59.8 Å². The summed E-state index contributed by atoms with van der Waals surface area (Å²) < 4.78 is 1.84. The zero-order valence-electron chi connectivity index (χ0n) is 10.6. The third kappa shape index (κ3) is 2.12. The minimum absolute atomic E-state index is 0.443. The number of fused-ring (bicyclic) bond motifs is 1. The van der Waals surface area contributed by atoms with E-state index < -0.39 is 0 Å². The molecule has 4 heteroatoms. The van der Waals surface area contributed by atoms with E-state index in [4.69, 9.17) is 0 Å². The van der Waals surface area contributed by atoms with Crippen LogP contribution >= 0.6 is 0 Å². The van der Waals surface area contributed by atoms with E-state index in [1.807, 2.05) is 35.9 Å². The summed E-state index contributed by atoms with van der Waals surface area (Å²) in [4.78, 5) is 19.4. The van der Waals surface area contributed by atoms with Crippen LogP contribution in [0.5, 0.6) is 0 Å². The highest BCUT2D eigenvalue weighted by molar-refractivity contribution is 5.82. The third-order valence-electron chi connectivity index (χ3n) is 3.12.